The van der Waals surface area contributed by atoms with Crippen molar-refractivity contribution in [1.29, 1.82) is 0 Å². The molecule has 0 aliphatic heterocycles. The Labute approximate surface area is 118 Å². The van der Waals surface area contributed by atoms with E-state index in [4.69, 9.17) is 0 Å². The van der Waals surface area contributed by atoms with Gasteiger partial charge in [-0.1, -0.05) is 25.0 Å². The van der Waals surface area contributed by atoms with Crippen LogP contribution in [0.5, 0.6) is 0 Å². The Morgan fingerprint density at radius 1 is 1.39 bits per heavy atom. The molecular weight excluding hydrogens is 288 g/mol. The van der Waals surface area contributed by atoms with Crippen molar-refractivity contribution in [2.75, 3.05) is 6.54 Å². The number of nitrogens with one attached hydrogen (secondary N) is 1. The second-order valence-electron chi connectivity index (χ2n) is 4.74. The zero-order valence-electron chi connectivity index (χ0n) is 11.0. The Balaban J connectivity index is 2.27. The van der Waals surface area contributed by atoms with Crippen LogP contribution in [0, 0.1) is 0 Å². The lowest BCUT2D eigenvalue weighted by atomic mass is 9.98. The number of hydrogen-bond acceptors (Lipinski definition) is 2. The third kappa shape index (κ3) is 3.42. The molecule has 1 atom stereocenters. The molecule has 1 unspecified atom stereocenters. The summed E-state index contributed by atoms with van der Waals surface area (Å²) in [5.74, 6) is 0. The maximum absolute atomic E-state index is 4.55. The Morgan fingerprint density at radius 3 is 3.06 bits per heavy atom. The van der Waals surface area contributed by atoms with Gasteiger partial charge in [0, 0.05) is 10.7 Å². The van der Waals surface area contributed by atoms with E-state index in [2.05, 4.69) is 45.3 Å². The second-order valence-corrected chi connectivity index (χ2v) is 5.59. The largest absolute Gasteiger partial charge is 0.305 e. The van der Waals surface area contributed by atoms with Crippen LogP contribution in [0.2, 0.25) is 0 Å². The third-order valence-electron chi connectivity index (χ3n) is 3.42. The van der Waals surface area contributed by atoms with Crippen LogP contribution in [0.25, 0.3) is 0 Å². The first kappa shape index (κ1) is 13.8. The molecule has 0 saturated carbocycles. The minimum absolute atomic E-state index is 0.267. The fraction of sp³-hybridized carbons (Fsp3) is 0.533. The lowest BCUT2D eigenvalue weighted by Crippen LogP contribution is -2.24. The highest BCUT2D eigenvalue weighted by molar-refractivity contribution is 9.10. The fourth-order valence-electron chi connectivity index (χ4n) is 2.52. The summed E-state index contributed by atoms with van der Waals surface area (Å²) in [6.45, 7) is 3.12. The van der Waals surface area contributed by atoms with E-state index in [1.807, 2.05) is 12.3 Å². The van der Waals surface area contributed by atoms with Crippen LogP contribution in [0.1, 0.15) is 50.8 Å². The van der Waals surface area contributed by atoms with Crippen molar-refractivity contribution in [1.82, 2.24) is 10.3 Å². The van der Waals surface area contributed by atoms with E-state index in [0.717, 1.165) is 16.7 Å². The maximum atomic E-state index is 4.55. The number of hydrogen-bond donors (Lipinski definition) is 1. The van der Waals surface area contributed by atoms with Gasteiger partial charge in [0.05, 0.1) is 11.7 Å². The number of rotatable bonds is 4. The number of likely N-dealkylation sites (N-methyl/N-ethyl adjacent to an activating group) is 1. The van der Waals surface area contributed by atoms with Crippen LogP contribution >= 0.6 is 15.9 Å². The highest BCUT2D eigenvalue weighted by Crippen LogP contribution is 2.31. The van der Waals surface area contributed by atoms with E-state index in [1.165, 1.54) is 37.7 Å². The Hall–Kier alpha value is -0.670. The summed E-state index contributed by atoms with van der Waals surface area (Å²) in [7, 11) is 0. The highest BCUT2D eigenvalue weighted by atomic mass is 79.9. The quantitative estimate of drug-likeness (QED) is 0.835. The molecule has 2 rings (SSSR count). The minimum atomic E-state index is 0.267. The molecule has 1 aromatic heterocycles. The summed E-state index contributed by atoms with van der Waals surface area (Å²) < 4.78 is 1.10. The van der Waals surface area contributed by atoms with E-state index in [9.17, 15) is 0 Å². The molecule has 1 aromatic rings. The zero-order chi connectivity index (χ0) is 12.8. The molecule has 0 saturated heterocycles. The highest BCUT2D eigenvalue weighted by Gasteiger charge is 2.19. The summed E-state index contributed by atoms with van der Waals surface area (Å²) in [6.07, 6.45) is 10.7. The monoisotopic (exact) mass is 308 g/mol. The molecule has 3 heteroatoms. The second kappa shape index (κ2) is 7.05. The summed E-state index contributed by atoms with van der Waals surface area (Å²) in [5.41, 5.74) is 2.63. The van der Waals surface area contributed by atoms with Crippen LogP contribution < -0.4 is 5.32 Å². The molecular formula is C15H21BrN2. The number of allylic oxidation sites excluding steroid dienone is 1. The van der Waals surface area contributed by atoms with Crippen molar-refractivity contribution in [3.8, 4) is 0 Å². The van der Waals surface area contributed by atoms with Crippen LogP contribution in [0.4, 0.5) is 0 Å². The van der Waals surface area contributed by atoms with Gasteiger partial charge in [0.2, 0.25) is 0 Å². The van der Waals surface area contributed by atoms with E-state index >= 15 is 0 Å². The molecule has 1 heterocycles. The third-order valence-corrected chi connectivity index (χ3v) is 4.09. The summed E-state index contributed by atoms with van der Waals surface area (Å²) >= 11 is 3.62. The molecule has 2 nitrogen and oxygen atoms in total. The van der Waals surface area contributed by atoms with Gasteiger partial charge in [-0.3, -0.25) is 4.98 Å². The van der Waals surface area contributed by atoms with Gasteiger partial charge in [-0.25, -0.2) is 0 Å². The van der Waals surface area contributed by atoms with E-state index in [-0.39, 0.29) is 6.04 Å². The van der Waals surface area contributed by atoms with Gasteiger partial charge in [-0.05, 0) is 60.3 Å². The smallest absolute Gasteiger partial charge is 0.0756 e. The molecule has 0 spiro atoms. The standard InChI is InChI=1S/C15H21BrN2/c1-2-17-14(12-8-5-3-4-6-9-12)15-13(16)10-7-11-18-15/h7-8,10-11,14,17H,2-6,9H2,1H3. The number of aromatic nitrogens is 1. The van der Waals surface area contributed by atoms with Gasteiger partial charge in [0.1, 0.15) is 0 Å². The van der Waals surface area contributed by atoms with Crippen LogP contribution in [0.15, 0.2) is 34.5 Å². The maximum Gasteiger partial charge on any atom is 0.0756 e. The van der Waals surface area contributed by atoms with Crippen LogP contribution in [0.3, 0.4) is 0 Å². The first-order valence-corrected chi connectivity index (χ1v) is 7.65. The SMILES string of the molecule is CCNC(C1=CCCCCC1)c1ncccc1Br. The Morgan fingerprint density at radius 2 is 2.28 bits per heavy atom. The number of nitrogens with zero attached hydrogens (tertiary/aromatic N) is 1. The van der Waals surface area contributed by atoms with Gasteiger partial charge < -0.3 is 5.32 Å². The predicted octanol–water partition coefficient (Wildman–Crippen LogP) is 4.39. The first-order valence-electron chi connectivity index (χ1n) is 6.85. The van der Waals surface area contributed by atoms with Crippen molar-refractivity contribution >= 4 is 15.9 Å². The van der Waals surface area contributed by atoms with E-state index < -0.39 is 0 Å². The lowest BCUT2D eigenvalue weighted by Gasteiger charge is -2.21. The molecule has 0 aromatic carbocycles. The fourth-order valence-corrected chi connectivity index (χ4v) is 3.00. The Bertz CT molecular complexity index is 415. The normalized spacial score (nSPS) is 18.0. The van der Waals surface area contributed by atoms with Crippen molar-refractivity contribution < 1.29 is 0 Å². The van der Waals surface area contributed by atoms with Crippen LogP contribution in [-0.2, 0) is 0 Å². The van der Waals surface area contributed by atoms with Crippen molar-refractivity contribution in [3.05, 3.63) is 40.1 Å². The molecule has 1 N–H and O–H groups in total. The summed E-state index contributed by atoms with van der Waals surface area (Å²) in [5, 5.41) is 3.58. The number of pyridine rings is 1. The molecule has 0 radical (unpaired) electrons. The van der Waals surface area contributed by atoms with Gasteiger partial charge >= 0.3 is 0 Å². The van der Waals surface area contributed by atoms with Crippen molar-refractivity contribution in [2.45, 2.75) is 45.1 Å². The van der Waals surface area contributed by atoms with Crippen molar-refractivity contribution in [3.63, 3.8) is 0 Å². The van der Waals surface area contributed by atoms with E-state index in [1.54, 1.807) is 0 Å². The molecule has 1 aliphatic carbocycles. The zero-order valence-corrected chi connectivity index (χ0v) is 12.5. The van der Waals surface area contributed by atoms with E-state index in [0.29, 0.717) is 0 Å². The van der Waals surface area contributed by atoms with Gasteiger partial charge in [-0.2, -0.15) is 0 Å². The molecule has 1 aliphatic rings. The first-order chi connectivity index (χ1) is 8.83. The molecule has 0 fully saturated rings. The topological polar surface area (TPSA) is 24.9 Å². The average molecular weight is 309 g/mol. The molecule has 18 heavy (non-hydrogen) atoms. The average Bonchev–Trinajstić information content (AvgIpc) is 2.66. The molecule has 0 bridgehead atoms. The van der Waals surface area contributed by atoms with Crippen LogP contribution in [-0.4, -0.2) is 11.5 Å². The van der Waals surface area contributed by atoms with Crippen molar-refractivity contribution in [2.24, 2.45) is 0 Å². The van der Waals surface area contributed by atoms with Gasteiger partial charge in [0.25, 0.3) is 0 Å². The van der Waals surface area contributed by atoms with Gasteiger partial charge in [0.15, 0.2) is 0 Å². The summed E-state index contributed by atoms with van der Waals surface area (Å²) in [4.78, 5) is 4.55. The summed E-state index contributed by atoms with van der Waals surface area (Å²) in [6, 6.07) is 4.31. The lowest BCUT2D eigenvalue weighted by molar-refractivity contribution is 0.575. The Kier molecular flexibility index (Phi) is 5.39. The molecule has 0 amide bonds. The molecule has 98 valence electrons. The predicted molar refractivity (Wildman–Crippen MR) is 79.5 cm³/mol. The number of halogens is 1. The minimum Gasteiger partial charge on any atom is -0.305 e. The van der Waals surface area contributed by atoms with Gasteiger partial charge in [-0.15, -0.1) is 0 Å².